The zero-order valence-electron chi connectivity index (χ0n) is 31.0. The van der Waals surface area contributed by atoms with Crippen molar-refractivity contribution in [3.8, 4) is 11.5 Å². The van der Waals surface area contributed by atoms with Crippen LogP contribution < -0.4 is 25.4 Å². The number of carbonyl (C=O) groups is 4. The van der Waals surface area contributed by atoms with Gasteiger partial charge in [0.15, 0.2) is 17.3 Å². The van der Waals surface area contributed by atoms with Crippen molar-refractivity contribution in [1.82, 2.24) is 16.0 Å². The van der Waals surface area contributed by atoms with Gasteiger partial charge >= 0.3 is 18.2 Å². The Hall–Kier alpha value is -5.34. The Morgan fingerprint density at radius 1 is 0.818 bits per heavy atom. The normalized spacial score (nSPS) is 21.9. The number of ether oxygens (including phenoxy) is 7. The number of hydrogen-bond donors (Lipinski definition) is 3. The highest BCUT2D eigenvalue weighted by Gasteiger charge is 2.47. The Labute approximate surface area is 320 Å². The van der Waals surface area contributed by atoms with Gasteiger partial charge in [0.25, 0.3) is 0 Å². The molecule has 5 atom stereocenters. The minimum absolute atomic E-state index is 0.0109. The largest absolute Gasteiger partial charge is 0.464 e. The van der Waals surface area contributed by atoms with Crippen molar-refractivity contribution in [3.63, 3.8) is 0 Å². The van der Waals surface area contributed by atoms with Gasteiger partial charge in [-0.05, 0) is 55.0 Å². The summed E-state index contributed by atoms with van der Waals surface area (Å²) >= 11 is 0. The van der Waals surface area contributed by atoms with Crippen LogP contribution >= 0.6 is 0 Å². The van der Waals surface area contributed by atoms with Gasteiger partial charge in [-0.25, -0.2) is 14.4 Å². The van der Waals surface area contributed by atoms with Crippen molar-refractivity contribution in [3.05, 3.63) is 95.6 Å². The average Bonchev–Trinajstić information content (AvgIpc) is 3.66. The zero-order valence-corrected chi connectivity index (χ0v) is 31.0. The van der Waals surface area contributed by atoms with Crippen LogP contribution in [-0.2, 0) is 52.8 Å². The topological polar surface area (TPSA) is 169 Å². The van der Waals surface area contributed by atoms with Gasteiger partial charge in [-0.3, -0.25) is 4.79 Å². The first-order chi connectivity index (χ1) is 26.8. The van der Waals surface area contributed by atoms with Crippen LogP contribution in [0.25, 0.3) is 0 Å². The molecule has 4 unspecified atom stereocenters. The molecule has 0 radical (unpaired) electrons. The first-order valence-electron chi connectivity index (χ1n) is 18.9. The minimum atomic E-state index is -1.13. The third-order valence-electron chi connectivity index (χ3n) is 9.62. The average molecular weight is 760 g/mol. The van der Waals surface area contributed by atoms with Crippen LogP contribution in [0.1, 0.15) is 68.6 Å². The second-order valence-corrected chi connectivity index (χ2v) is 13.8. The van der Waals surface area contributed by atoms with Crippen LogP contribution in [0.5, 0.6) is 11.5 Å². The van der Waals surface area contributed by atoms with Crippen molar-refractivity contribution in [2.45, 2.75) is 102 Å². The molecule has 3 aromatic rings. The van der Waals surface area contributed by atoms with Gasteiger partial charge < -0.3 is 49.1 Å². The van der Waals surface area contributed by atoms with Crippen molar-refractivity contribution in [1.29, 1.82) is 0 Å². The lowest BCUT2D eigenvalue weighted by Gasteiger charge is -2.47. The number of fused-ring (bicyclic) bond motifs is 1. The summed E-state index contributed by atoms with van der Waals surface area (Å²) < 4.78 is 40.6. The highest BCUT2D eigenvalue weighted by Crippen LogP contribution is 2.41. The third kappa shape index (κ3) is 11.8. The van der Waals surface area contributed by atoms with Gasteiger partial charge in [0.1, 0.15) is 18.8 Å². The second-order valence-electron chi connectivity index (χ2n) is 13.8. The number of carbonyl (C=O) groups excluding carboxylic acids is 4. The molecule has 14 nitrogen and oxygen atoms in total. The van der Waals surface area contributed by atoms with Crippen LogP contribution in [0.2, 0.25) is 0 Å². The van der Waals surface area contributed by atoms with Crippen LogP contribution in [-0.4, -0.2) is 74.2 Å². The Morgan fingerprint density at radius 2 is 1.53 bits per heavy atom. The van der Waals surface area contributed by atoms with E-state index in [-0.39, 0.29) is 58.1 Å². The summed E-state index contributed by atoms with van der Waals surface area (Å²) in [5.41, 5.74) is 2.64. The van der Waals surface area contributed by atoms with E-state index < -0.39 is 48.3 Å². The Morgan fingerprint density at radius 3 is 2.31 bits per heavy atom. The smallest absolute Gasteiger partial charge is 0.407 e. The summed E-state index contributed by atoms with van der Waals surface area (Å²) in [6.07, 6.45) is 0.321. The summed E-state index contributed by atoms with van der Waals surface area (Å²) in [6, 6.07) is 23.5. The molecule has 0 saturated carbocycles. The molecule has 3 amide bonds. The van der Waals surface area contributed by atoms with E-state index in [1.54, 1.807) is 19.1 Å². The molecule has 55 heavy (non-hydrogen) atoms. The van der Waals surface area contributed by atoms with E-state index in [1.807, 2.05) is 66.7 Å². The Balaban J connectivity index is 1.07. The minimum Gasteiger partial charge on any atom is -0.464 e. The van der Waals surface area contributed by atoms with Crippen molar-refractivity contribution in [2.24, 2.45) is 0 Å². The summed E-state index contributed by atoms with van der Waals surface area (Å²) in [4.78, 5) is 51.7. The lowest BCUT2D eigenvalue weighted by atomic mass is 9.90. The molecule has 294 valence electrons. The molecular formula is C41H49N3O11. The standard InChI is InChI=1S/C41H49N3O11/c1-2-49-38(46)34(20-28-10-5-3-6-11-28)44-37(45)18-16-31-22-33(53-40(48)43-25-30-15-17-35-36(21-30)52-27-51-35)23-41(54-31)19-9-14-32(55-41)26-50-39(47)42-24-29-12-7-4-8-13-29/h3-8,10-13,15,17,21,31-34H,2,9,14,16,18-20,22-27H2,1H3,(H,42,47)(H,43,48)(H,44,45)/t31?,32?,33?,34-,41?/m0/s1. The molecule has 2 saturated heterocycles. The number of nitrogens with one attached hydrogen (secondary N) is 3. The fraction of sp³-hybridized carbons (Fsp3) is 0.463. The summed E-state index contributed by atoms with van der Waals surface area (Å²) in [5, 5.41) is 8.41. The molecular weight excluding hydrogens is 710 g/mol. The SMILES string of the molecule is CCOC(=O)[C@H](Cc1ccccc1)NC(=O)CCC1CC(OC(=O)NCc2ccc3c(c2)OCO3)CC2(CCCC(COC(=O)NCc3ccccc3)O2)O1. The van der Waals surface area contributed by atoms with Gasteiger partial charge in [-0.1, -0.05) is 66.7 Å². The quantitative estimate of drug-likeness (QED) is 0.133. The molecule has 3 N–H and O–H groups in total. The van der Waals surface area contributed by atoms with Crippen molar-refractivity contribution >= 4 is 24.1 Å². The molecule has 1 spiro atoms. The van der Waals surface area contributed by atoms with E-state index >= 15 is 0 Å². The molecule has 6 rings (SSSR count). The van der Waals surface area contributed by atoms with E-state index in [1.165, 1.54) is 0 Å². The van der Waals surface area contributed by atoms with E-state index in [4.69, 9.17) is 33.2 Å². The van der Waals surface area contributed by atoms with Crippen LogP contribution in [0.4, 0.5) is 9.59 Å². The summed E-state index contributed by atoms with van der Waals surface area (Å²) in [6.45, 7) is 2.61. The molecule has 3 aliphatic rings. The maximum Gasteiger partial charge on any atom is 0.407 e. The molecule has 3 heterocycles. The van der Waals surface area contributed by atoms with Gasteiger partial charge in [-0.2, -0.15) is 0 Å². The molecule has 3 aliphatic heterocycles. The maximum absolute atomic E-state index is 13.3. The van der Waals surface area contributed by atoms with Gasteiger partial charge in [-0.15, -0.1) is 0 Å². The van der Waals surface area contributed by atoms with E-state index in [9.17, 15) is 19.2 Å². The van der Waals surface area contributed by atoms with Gasteiger partial charge in [0, 0.05) is 45.2 Å². The zero-order chi connectivity index (χ0) is 38.5. The molecule has 0 bridgehead atoms. The number of amides is 3. The molecule has 14 heteroatoms. The van der Waals surface area contributed by atoms with Crippen LogP contribution in [0, 0.1) is 0 Å². The number of hydrogen-bond acceptors (Lipinski definition) is 11. The third-order valence-corrected chi connectivity index (χ3v) is 9.62. The molecule has 0 aromatic heterocycles. The predicted molar refractivity (Wildman–Crippen MR) is 198 cm³/mol. The first-order valence-corrected chi connectivity index (χ1v) is 18.9. The van der Waals surface area contributed by atoms with Crippen molar-refractivity contribution in [2.75, 3.05) is 20.0 Å². The monoisotopic (exact) mass is 759 g/mol. The fourth-order valence-electron chi connectivity index (χ4n) is 7.02. The number of esters is 1. The maximum atomic E-state index is 13.3. The fourth-order valence-corrected chi connectivity index (χ4v) is 7.02. The van der Waals surface area contributed by atoms with E-state index in [2.05, 4.69) is 16.0 Å². The molecule has 0 aliphatic carbocycles. The summed E-state index contributed by atoms with van der Waals surface area (Å²) in [7, 11) is 0. The summed E-state index contributed by atoms with van der Waals surface area (Å²) in [5.74, 6) is -0.717. The lowest BCUT2D eigenvalue weighted by molar-refractivity contribution is -0.329. The van der Waals surface area contributed by atoms with Gasteiger partial charge in [0.05, 0.1) is 18.8 Å². The first kappa shape index (κ1) is 39.4. The second kappa shape index (κ2) is 19.3. The van der Waals surface area contributed by atoms with Crippen molar-refractivity contribution < 1.29 is 52.3 Å². The number of benzene rings is 3. The molecule has 3 aromatic carbocycles. The van der Waals surface area contributed by atoms with Crippen LogP contribution in [0.3, 0.4) is 0 Å². The highest BCUT2D eigenvalue weighted by atomic mass is 16.7. The van der Waals surface area contributed by atoms with Crippen LogP contribution in [0.15, 0.2) is 78.9 Å². The lowest BCUT2D eigenvalue weighted by Crippen LogP contribution is -2.54. The highest BCUT2D eigenvalue weighted by molar-refractivity contribution is 5.84. The van der Waals surface area contributed by atoms with E-state index in [0.29, 0.717) is 37.3 Å². The Kier molecular flexibility index (Phi) is 13.8. The van der Waals surface area contributed by atoms with Gasteiger partial charge in [0.2, 0.25) is 12.7 Å². The van der Waals surface area contributed by atoms with E-state index in [0.717, 1.165) is 23.1 Å². The number of alkyl carbamates (subject to hydrolysis) is 2. The predicted octanol–water partition coefficient (Wildman–Crippen LogP) is 5.45. The molecule has 2 fully saturated rings. The Bertz CT molecular complexity index is 1740. The number of rotatable bonds is 15.